The minimum atomic E-state index is 0.307. The molecule has 0 aliphatic carbocycles. The van der Waals surface area contributed by atoms with Crippen molar-refractivity contribution in [1.29, 1.82) is 0 Å². The van der Waals surface area contributed by atoms with E-state index in [1.165, 1.54) is 0 Å². The SMILES string of the molecule is c1ccc2c(-n3cccn3)c3c(c(-n4cccn4)c2c1)-c1nc-3nc2[nH]c(nc3nc(nc4[nH]c(n1)c1c(-n5cccn5)c5ccccc5c(-n5cccn5)c41)-c1c-3c(-n3cccn3)c3ccccc3c1-n1cccn1)c1c(-n3cccn3)c3ccccc3c(-n3cccn3)c21. The molecular weight excluding hydrogens is 1200 g/mol. The second kappa shape index (κ2) is 19.7. The lowest BCUT2D eigenvalue weighted by atomic mass is 9.95. The maximum Gasteiger partial charge on any atom is 0.167 e. The molecule has 2 N–H and O–H groups in total. The van der Waals surface area contributed by atoms with E-state index in [2.05, 4.69) is 58.5 Å². The number of nitrogens with one attached hydrogen (secondary N) is 2. The number of nitrogens with zero attached hydrogens (tertiary/aromatic N) is 22. The highest BCUT2D eigenvalue weighted by Gasteiger charge is 2.36. The van der Waals surface area contributed by atoms with Crippen LogP contribution in [0.2, 0.25) is 0 Å². The number of benzene rings is 8. The van der Waals surface area contributed by atoms with Crippen LogP contribution in [-0.4, -0.2) is 118 Å². The molecule has 96 heavy (non-hydrogen) atoms. The van der Waals surface area contributed by atoms with E-state index < -0.39 is 0 Å². The number of rotatable bonds is 8. The minimum absolute atomic E-state index is 0.307. The van der Waals surface area contributed by atoms with E-state index in [1.54, 1.807) is 49.6 Å². The van der Waals surface area contributed by atoms with Crippen molar-refractivity contribution >= 4 is 87.2 Å². The number of aromatic amines is 2. The Morgan fingerprint density at radius 1 is 0.198 bits per heavy atom. The molecule has 0 radical (unpaired) electrons. The lowest BCUT2D eigenvalue weighted by molar-refractivity contribution is 0.878. The topological polar surface area (TPSA) is 251 Å². The quantitative estimate of drug-likeness (QED) is 0.144. The number of H-pyrrole nitrogens is 2. The van der Waals surface area contributed by atoms with Crippen molar-refractivity contribution in [3.05, 3.63) is 245 Å². The highest BCUT2D eigenvalue weighted by molar-refractivity contribution is 6.25. The van der Waals surface area contributed by atoms with Crippen LogP contribution in [0.1, 0.15) is 0 Å². The first-order valence-corrected chi connectivity index (χ1v) is 30.8. The van der Waals surface area contributed by atoms with Crippen molar-refractivity contribution in [2.45, 2.75) is 0 Å². The zero-order valence-electron chi connectivity index (χ0n) is 49.9. The summed E-state index contributed by atoms with van der Waals surface area (Å²) in [6.45, 7) is 0. The summed E-state index contributed by atoms with van der Waals surface area (Å²) in [6.07, 6.45) is 29.7. The van der Waals surface area contributed by atoms with Gasteiger partial charge in [-0.25, -0.2) is 67.4 Å². The fourth-order valence-corrected chi connectivity index (χ4v) is 14.5. The molecular formula is C72H42N24. The van der Waals surface area contributed by atoms with E-state index in [9.17, 15) is 0 Å². The average molecular weight is 1240 g/mol. The Kier molecular flexibility index (Phi) is 10.6. The van der Waals surface area contributed by atoms with Crippen molar-refractivity contribution in [1.82, 2.24) is 118 Å². The standard InChI is InChI=1S/C72H42N24/c1-2-18-42-41(17-1)57(89-33-9-25-73-89)49-50(58(42)90-34-10-26-74-90)66-81-65(49)85-67-51-52(60(92-36-12-28-76-92)44-20-4-3-19-43(44)59(51)91-35-11-27-75-91)69(82-67)87-71-55-56(64(96-40-16-32-80-96)48-24-8-7-23-47(48)63(55)95-39-15-31-79-95)72(84-71)88-70-54-53(68(83-70)86-66)61(93-37-13-29-77-93)45-21-5-6-22-46(45)62(54)94-38-14-30-78-94/h1-40H,(H2,81,82,83,84,85,86,87,88). The van der Waals surface area contributed by atoms with Crippen molar-refractivity contribution in [3.63, 3.8) is 0 Å². The molecule has 8 bridgehead atoms. The van der Waals surface area contributed by atoms with Gasteiger partial charge in [0, 0.05) is 142 Å². The van der Waals surface area contributed by atoms with Crippen molar-refractivity contribution in [3.8, 4) is 91.1 Å². The predicted octanol–water partition coefficient (Wildman–Crippen LogP) is 13.0. The third-order valence-electron chi connectivity index (χ3n) is 18.1. The van der Waals surface area contributed by atoms with Gasteiger partial charge in [-0.1, -0.05) is 97.1 Å². The molecule has 0 amide bonds. The summed E-state index contributed by atoms with van der Waals surface area (Å²) < 4.78 is 15.0. The summed E-state index contributed by atoms with van der Waals surface area (Å²) in [5, 5.41) is 49.4. The highest BCUT2D eigenvalue weighted by Crippen LogP contribution is 2.52. The minimum Gasteiger partial charge on any atom is -0.324 e. The molecule has 8 aromatic carbocycles. The zero-order chi connectivity index (χ0) is 62.7. The Hall–Kier alpha value is -14.2. The molecule has 2 aliphatic heterocycles. The number of aromatic nitrogens is 24. The van der Waals surface area contributed by atoms with Crippen LogP contribution in [0.25, 0.3) is 178 Å². The fraction of sp³-hybridized carbons (Fsp3) is 0. The highest BCUT2D eigenvalue weighted by atomic mass is 15.3. The fourth-order valence-electron chi connectivity index (χ4n) is 14.5. The summed E-state index contributed by atoms with van der Waals surface area (Å²) in [4.78, 5) is 42.9. The summed E-state index contributed by atoms with van der Waals surface area (Å²) in [7, 11) is 0. The first-order chi connectivity index (χ1) is 47.7. The van der Waals surface area contributed by atoms with E-state index in [0.717, 1.165) is 65.8 Å². The lowest BCUT2D eigenvalue weighted by Crippen LogP contribution is -2.06. The van der Waals surface area contributed by atoms with Crippen LogP contribution >= 0.6 is 0 Å². The van der Waals surface area contributed by atoms with Gasteiger partial charge in [0.05, 0.1) is 89.3 Å². The Morgan fingerprint density at radius 3 is 0.552 bits per heavy atom. The third-order valence-corrected chi connectivity index (χ3v) is 18.1. The van der Waals surface area contributed by atoms with Gasteiger partial charge in [-0.05, 0) is 48.5 Å². The normalized spacial score (nSPS) is 12.2. The van der Waals surface area contributed by atoms with Crippen LogP contribution in [0.15, 0.2) is 245 Å². The molecule has 450 valence electrons. The van der Waals surface area contributed by atoms with Crippen LogP contribution in [0.5, 0.6) is 0 Å². The monoisotopic (exact) mass is 1240 g/mol. The van der Waals surface area contributed by atoms with Crippen LogP contribution in [0, 0.1) is 0 Å². The number of hydrogen-bond donors (Lipinski definition) is 2. The molecule has 21 rings (SSSR count). The van der Waals surface area contributed by atoms with E-state index in [4.69, 9.17) is 70.7 Å². The molecule has 19 aromatic rings. The van der Waals surface area contributed by atoms with E-state index in [-0.39, 0.29) is 0 Å². The van der Waals surface area contributed by atoms with Crippen molar-refractivity contribution in [2.75, 3.05) is 0 Å². The molecule has 0 fully saturated rings. The molecule has 2 aliphatic rings. The molecule has 0 unspecified atom stereocenters. The molecule has 24 nitrogen and oxygen atoms in total. The van der Waals surface area contributed by atoms with Gasteiger partial charge < -0.3 is 9.97 Å². The van der Waals surface area contributed by atoms with Crippen LogP contribution in [0.4, 0.5) is 0 Å². The summed E-state index contributed by atoms with van der Waals surface area (Å²) in [5.74, 6) is 1.23. The van der Waals surface area contributed by atoms with Crippen molar-refractivity contribution in [2.24, 2.45) is 0 Å². The Bertz CT molecular complexity index is 5760. The maximum absolute atomic E-state index is 5.92. The van der Waals surface area contributed by atoms with Gasteiger partial charge >= 0.3 is 0 Å². The predicted molar refractivity (Wildman–Crippen MR) is 363 cm³/mol. The van der Waals surface area contributed by atoms with Crippen LogP contribution < -0.4 is 0 Å². The second-order valence-electron chi connectivity index (χ2n) is 23.2. The smallest absolute Gasteiger partial charge is 0.167 e. The van der Waals surface area contributed by atoms with Gasteiger partial charge in [0.2, 0.25) is 0 Å². The van der Waals surface area contributed by atoms with E-state index >= 15 is 0 Å². The third kappa shape index (κ3) is 7.24. The summed E-state index contributed by atoms with van der Waals surface area (Å²) in [6, 6.07) is 48.2. The Labute approximate surface area is 538 Å². The Morgan fingerprint density at radius 2 is 0.375 bits per heavy atom. The number of fused-ring (bicyclic) bond motifs is 24. The average Bonchev–Trinajstić information content (AvgIpc) is 1.56. The van der Waals surface area contributed by atoms with Crippen LogP contribution in [0.3, 0.4) is 0 Å². The van der Waals surface area contributed by atoms with E-state index in [1.807, 2.05) is 184 Å². The van der Waals surface area contributed by atoms with Gasteiger partial charge in [-0.2, -0.15) is 40.8 Å². The molecule has 0 saturated carbocycles. The molecule has 0 atom stereocenters. The molecule has 0 saturated heterocycles. The molecule has 24 heteroatoms. The molecule has 13 heterocycles. The van der Waals surface area contributed by atoms with Gasteiger partial charge in [0.15, 0.2) is 23.3 Å². The van der Waals surface area contributed by atoms with E-state index in [0.29, 0.717) is 112 Å². The second-order valence-corrected chi connectivity index (χ2v) is 23.2. The first kappa shape index (κ1) is 51.6. The number of hydrogen-bond acceptors (Lipinski definition) is 14. The van der Waals surface area contributed by atoms with Gasteiger partial charge in [0.1, 0.15) is 22.6 Å². The summed E-state index contributed by atoms with van der Waals surface area (Å²) >= 11 is 0. The van der Waals surface area contributed by atoms with Crippen LogP contribution in [-0.2, 0) is 0 Å². The van der Waals surface area contributed by atoms with Gasteiger partial charge in [-0.3, -0.25) is 0 Å². The largest absolute Gasteiger partial charge is 0.324 e. The molecule has 0 spiro atoms. The van der Waals surface area contributed by atoms with Gasteiger partial charge in [0.25, 0.3) is 0 Å². The maximum atomic E-state index is 5.92. The first-order valence-electron chi connectivity index (χ1n) is 30.8. The van der Waals surface area contributed by atoms with Gasteiger partial charge in [-0.15, -0.1) is 0 Å². The van der Waals surface area contributed by atoms with Crippen molar-refractivity contribution < 1.29 is 0 Å². The zero-order valence-corrected chi connectivity index (χ0v) is 49.9. The Balaban J connectivity index is 1.07. The summed E-state index contributed by atoms with van der Waals surface area (Å²) in [5.41, 5.74) is 9.86. The molecule has 11 aromatic heterocycles. The lowest BCUT2D eigenvalue weighted by Gasteiger charge is -2.18.